The third kappa shape index (κ3) is 2.85. The Hall–Kier alpha value is -1.88. The van der Waals surface area contributed by atoms with Gasteiger partial charge in [-0.1, -0.05) is 36.8 Å². The normalized spacial score (nSPS) is 28.9. The number of rotatable bonds is 3. The number of aliphatic hydroxyl groups excluding tert-OH is 1. The van der Waals surface area contributed by atoms with Crippen LogP contribution in [0.1, 0.15) is 26.2 Å². The largest absolute Gasteiger partial charge is 0.468 e. The molecule has 0 aliphatic heterocycles. The van der Waals surface area contributed by atoms with Gasteiger partial charge in [0, 0.05) is 5.92 Å². The third-order valence-electron chi connectivity index (χ3n) is 4.86. The molecule has 126 valence electrons. The van der Waals surface area contributed by atoms with Gasteiger partial charge in [0.25, 0.3) is 0 Å². The van der Waals surface area contributed by atoms with Crippen molar-refractivity contribution in [3.8, 4) is 0 Å². The minimum absolute atomic E-state index is 0.166. The summed E-state index contributed by atoms with van der Waals surface area (Å²) in [7, 11) is 2.55. The number of hydrogen-bond acceptors (Lipinski definition) is 5. The molecular formula is C18H24O5. The van der Waals surface area contributed by atoms with Crippen molar-refractivity contribution in [3.05, 3.63) is 36.0 Å². The van der Waals surface area contributed by atoms with E-state index >= 15 is 0 Å². The van der Waals surface area contributed by atoms with E-state index in [-0.39, 0.29) is 11.8 Å². The topological polar surface area (TPSA) is 72.8 Å². The van der Waals surface area contributed by atoms with E-state index in [0.29, 0.717) is 19.3 Å². The number of carbonyl (C=O) groups is 2. The predicted molar refractivity (Wildman–Crippen MR) is 85.3 cm³/mol. The highest BCUT2D eigenvalue weighted by atomic mass is 16.5. The highest BCUT2D eigenvalue weighted by Gasteiger charge is 2.59. The van der Waals surface area contributed by atoms with E-state index in [0.717, 1.165) is 11.1 Å². The van der Waals surface area contributed by atoms with Gasteiger partial charge in [-0.05, 0) is 31.3 Å². The second-order valence-corrected chi connectivity index (χ2v) is 6.25. The number of methoxy groups -OCH3 is 2. The van der Waals surface area contributed by atoms with E-state index in [1.165, 1.54) is 14.2 Å². The van der Waals surface area contributed by atoms with Crippen molar-refractivity contribution >= 4 is 11.9 Å². The smallest absolute Gasteiger partial charge is 0.327 e. The molecular weight excluding hydrogens is 296 g/mol. The highest BCUT2D eigenvalue weighted by Crippen LogP contribution is 2.52. The first kappa shape index (κ1) is 17.5. The number of esters is 2. The first-order valence-electron chi connectivity index (χ1n) is 7.80. The van der Waals surface area contributed by atoms with Gasteiger partial charge in [-0.15, -0.1) is 0 Å². The lowest BCUT2D eigenvalue weighted by Crippen LogP contribution is -2.45. The van der Waals surface area contributed by atoms with Crippen LogP contribution in [0.15, 0.2) is 36.0 Å². The van der Waals surface area contributed by atoms with Gasteiger partial charge < -0.3 is 14.6 Å². The predicted octanol–water partition coefficient (Wildman–Crippen LogP) is 2.17. The molecule has 0 unspecified atom stereocenters. The van der Waals surface area contributed by atoms with Gasteiger partial charge in [0.2, 0.25) is 0 Å². The molecule has 2 aliphatic rings. The van der Waals surface area contributed by atoms with Crippen LogP contribution in [0, 0.1) is 17.3 Å². The van der Waals surface area contributed by atoms with E-state index < -0.39 is 23.5 Å². The highest BCUT2D eigenvalue weighted by molar-refractivity contribution is 6.04. The maximum Gasteiger partial charge on any atom is 0.327 e. The lowest BCUT2D eigenvalue weighted by Gasteiger charge is -2.33. The Morgan fingerprint density at radius 1 is 1.22 bits per heavy atom. The van der Waals surface area contributed by atoms with Crippen LogP contribution in [0.3, 0.4) is 0 Å². The summed E-state index contributed by atoms with van der Waals surface area (Å²) in [4.78, 5) is 25.1. The first-order valence-corrected chi connectivity index (χ1v) is 7.80. The molecule has 5 heteroatoms. The molecule has 0 heterocycles. The zero-order valence-electron chi connectivity index (χ0n) is 13.9. The molecule has 0 spiro atoms. The minimum atomic E-state index is -1.45. The molecule has 0 bridgehead atoms. The summed E-state index contributed by atoms with van der Waals surface area (Å²) < 4.78 is 9.89. The van der Waals surface area contributed by atoms with Gasteiger partial charge in [0.1, 0.15) is 0 Å². The van der Waals surface area contributed by atoms with E-state index in [4.69, 9.17) is 9.47 Å². The second kappa shape index (κ2) is 6.71. The van der Waals surface area contributed by atoms with Crippen LogP contribution in [0.5, 0.6) is 0 Å². The molecule has 5 nitrogen and oxygen atoms in total. The first-order chi connectivity index (χ1) is 10.9. The number of allylic oxidation sites excluding steroid dienone is 3. The van der Waals surface area contributed by atoms with Crippen LogP contribution in [-0.4, -0.2) is 37.4 Å². The van der Waals surface area contributed by atoms with E-state index in [1.807, 2.05) is 13.0 Å². The van der Waals surface area contributed by atoms with Gasteiger partial charge in [-0.2, -0.15) is 0 Å². The fourth-order valence-corrected chi connectivity index (χ4v) is 3.73. The summed E-state index contributed by atoms with van der Waals surface area (Å²) >= 11 is 0. The molecule has 2 rings (SSSR count). The van der Waals surface area contributed by atoms with E-state index in [2.05, 4.69) is 6.58 Å². The van der Waals surface area contributed by atoms with Gasteiger partial charge in [0.05, 0.1) is 20.3 Å². The Balaban J connectivity index is 2.61. The molecule has 0 amide bonds. The van der Waals surface area contributed by atoms with Crippen molar-refractivity contribution in [3.63, 3.8) is 0 Å². The maximum atomic E-state index is 12.6. The number of hydrogen-bond donors (Lipinski definition) is 1. The number of ether oxygens (including phenoxy) is 2. The minimum Gasteiger partial charge on any atom is -0.468 e. The fraction of sp³-hybridized carbons (Fsp3) is 0.556. The lowest BCUT2D eigenvalue weighted by molar-refractivity contribution is -0.169. The Labute approximate surface area is 136 Å². The Kier molecular flexibility index (Phi) is 5.09. The summed E-state index contributed by atoms with van der Waals surface area (Å²) in [6.07, 6.45) is 6.68. The molecule has 0 radical (unpaired) electrons. The van der Waals surface area contributed by atoms with Crippen molar-refractivity contribution < 1.29 is 24.2 Å². The van der Waals surface area contributed by atoms with Crippen LogP contribution in [0.25, 0.3) is 0 Å². The zero-order valence-corrected chi connectivity index (χ0v) is 13.9. The van der Waals surface area contributed by atoms with Gasteiger partial charge >= 0.3 is 11.9 Å². The standard InChI is InChI=1S/C18H24O5/c1-11(2)14-10-18(16(20)22-3,17(21)23-4)15-7-5-6-12(19)8-9-13(14)15/h8-10,12-13,15,19H,1,5-7H2,2-4H3/t12-,13-,15-/m1/s1. The van der Waals surface area contributed by atoms with E-state index in [1.54, 1.807) is 12.2 Å². The van der Waals surface area contributed by atoms with Crippen molar-refractivity contribution in [2.75, 3.05) is 14.2 Å². The van der Waals surface area contributed by atoms with E-state index in [9.17, 15) is 14.7 Å². The van der Waals surface area contributed by atoms with Crippen LogP contribution < -0.4 is 0 Å². The molecule has 23 heavy (non-hydrogen) atoms. The molecule has 1 N–H and O–H groups in total. The van der Waals surface area contributed by atoms with Crippen LogP contribution >= 0.6 is 0 Å². The number of fused-ring (bicyclic) bond motifs is 1. The Bertz CT molecular complexity index is 556. The van der Waals surface area contributed by atoms with Crippen molar-refractivity contribution in [2.45, 2.75) is 32.3 Å². The molecule has 0 fully saturated rings. The van der Waals surface area contributed by atoms with Crippen molar-refractivity contribution in [2.24, 2.45) is 17.3 Å². The molecule has 3 atom stereocenters. The zero-order chi connectivity index (χ0) is 17.2. The summed E-state index contributed by atoms with van der Waals surface area (Å²) in [6.45, 7) is 5.81. The molecule has 2 aliphatic carbocycles. The molecule has 0 saturated heterocycles. The average Bonchev–Trinajstić information content (AvgIpc) is 2.84. The monoisotopic (exact) mass is 320 g/mol. The second-order valence-electron chi connectivity index (χ2n) is 6.25. The maximum absolute atomic E-state index is 12.6. The lowest BCUT2D eigenvalue weighted by atomic mass is 9.70. The van der Waals surface area contributed by atoms with Crippen LogP contribution in [-0.2, 0) is 19.1 Å². The van der Waals surface area contributed by atoms with Crippen molar-refractivity contribution in [1.82, 2.24) is 0 Å². The summed E-state index contributed by atoms with van der Waals surface area (Å²) in [5, 5.41) is 9.89. The summed E-state index contributed by atoms with van der Waals surface area (Å²) in [6, 6.07) is 0. The molecule has 0 aromatic rings. The van der Waals surface area contributed by atoms with Gasteiger partial charge in [-0.3, -0.25) is 9.59 Å². The SMILES string of the molecule is C=C(C)C1=CC(C(=O)OC)(C(=O)OC)[C@@H]2CCC[C@@H](O)C=C[C@H]12. The third-order valence-corrected chi connectivity index (χ3v) is 4.86. The van der Waals surface area contributed by atoms with Crippen molar-refractivity contribution in [1.29, 1.82) is 0 Å². The van der Waals surface area contributed by atoms with Crippen LogP contribution in [0.4, 0.5) is 0 Å². The Morgan fingerprint density at radius 2 is 1.83 bits per heavy atom. The summed E-state index contributed by atoms with van der Waals surface area (Å²) in [5.41, 5.74) is 0.167. The Morgan fingerprint density at radius 3 is 2.35 bits per heavy atom. The number of aliphatic hydroxyl groups is 1. The average molecular weight is 320 g/mol. The van der Waals surface area contributed by atoms with Crippen LogP contribution in [0.2, 0.25) is 0 Å². The fourth-order valence-electron chi connectivity index (χ4n) is 3.73. The summed E-state index contributed by atoms with van der Waals surface area (Å²) in [5.74, 6) is -1.67. The quantitative estimate of drug-likeness (QED) is 0.490. The molecule has 0 aromatic heterocycles. The molecule has 0 saturated carbocycles. The molecule has 0 aromatic carbocycles. The van der Waals surface area contributed by atoms with Gasteiger partial charge in [-0.25, -0.2) is 0 Å². The van der Waals surface area contributed by atoms with Gasteiger partial charge in [0.15, 0.2) is 5.41 Å². The number of carbonyl (C=O) groups excluding carboxylic acids is 2.